The van der Waals surface area contributed by atoms with Gasteiger partial charge in [-0.25, -0.2) is 9.79 Å². The van der Waals surface area contributed by atoms with Crippen molar-refractivity contribution in [3.63, 3.8) is 0 Å². The molecule has 0 saturated carbocycles. The Labute approximate surface area is 128 Å². The van der Waals surface area contributed by atoms with E-state index in [2.05, 4.69) is 4.99 Å². The first-order valence-corrected chi connectivity index (χ1v) is 7.05. The van der Waals surface area contributed by atoms with Gasteiger partial charge in [0, 0.05) is 0 Å². The average Bonchev–Trinajstić information content (AvgIpc) is 2.89. The van der Waals surface area contributed by atoms with E-state index in [1.165, 1.54) is 0 Å². The van der Waals surface area contributed by atoms with E-state index in [0.717, 1.165) is 11.3 Å². The summed E-state index contributed by atoms with van der Waals surface area (Å²) in [5.74, 6) is 0.758. The lowest BCUT2D eigenvalue weighted by Crippen LogP contribution is -2.08. The van der Waals surface area contributed by atoms with E-state index in [1.807, 2.05) is 60.7 Å². The highest BCUT2D eigenvalue weighted by molar-refractivity contribution is 6.07. The van der Waals surface area contributed by atoms with Crippen LogP contribution in [0.4, 0.5) is 0 Å². The standard InChI is InChI=1S/C18H15NO3/c20-18-16(13-14-7-3-1-4-8-14)19-17(22-18)11-12-21-15-9-5-2-6-10-15/h1-10,13H,11-12H2/b16-13+. The Morgan fingerprint density at radius 2 is 1.68 bits per heavy atom. The zero-order valence-electron chi connectivity index (χ0n) is 11.9. The second-order valence-electron chi connectivity index (χ2n) is 4.75. The molecule has 22 heavy (non-hydrogen) atoms. The van der Waals surface area contributed by atoms with Crippen LogP contribution in [0.5, 0.6) is 5.75 Å². The number of carbonyl (C=O) groups is 1. The van der Waals surface area contributed by atoms with E-state index in [1.54, 1.807) is 6.08 Å². The third-order valence-corrected chi connectivity index (χ3v) is 3.10. The zero-order chi connectivity index (χ0) is 15.2. The van der Waals surface area contributed by atoms with E-state index < -0.39 is 5.97 Å². The van der Waals surface area contributed by atoms with Crippen LogP contribution in [-0.2, 0) is 9.53 Å². The Balaban J connectivity index is 1.60. The Hall–Kier alpha value is -2.88. The molecular formula is C18H15NO3. The molecule has 1 aliphatic rings. The number of aliphatic imine (C=N–C) groups is 1. The summed E-state index contributed by atoms with van der Waals surface area (Å²) in [7, 11) is 0. The van der Waals surface area contributed by atoms with Crippen LogP contribution in [0, 0.1) is 0 Å². The highest BCUT2D eigenvalue weighted by Gasteiger charge is 2.22. The fraction of sp³-hybridized carbons (Fsp3) is 0.111. The maximum atomic E-state index is 11.8. The lowest BCUT2D eigenvalue weighted by atomic mass is 10.2. The molecule has 1 aliphatic heterocycles. The Morgan fingerprint density at radius 1 is 1.00 bits per heavy atom. The third kappa shape index (κ3) is 3.61. The lowest BCUT2D eigenvalue weighted by Gasteiger charge is -2.04. The van der Waals surface area contributed by atoms with Crippen LogP contribution in [-0.4, -0.2) is 18.5 Å². The molecule has 0 aromatic heterocycles. The van der Waals surface area contributed by atoms with Gasteiger partial charge < -0.3 is 9.47 Å². The van der Waals surface area contributed by atoms with Crippen LogP contribution < -0.4 is 4.74 Å². The van der Waals surface area contributed by atoms with Crippen molar-refractivity contribution in [3.05, 3.63) is 71.9 Å². The summed E-state index contributed by atoms with van der Waals surface area (Å²) >= 11 is 0. The van der Waals surface area contributed by atoms with Gasteiger partial charge in [-0.05, 0) is 23.8 Å². The minimum Gasteiger partial charge on any atom is -0.493 e. The predicted octanol–water partition coefficient (Wildman–Crippen LogP) is 3.45. The molecule has 0 unspecified atom stereocenters. The molecule has 3 rings (SSSR count). The predicted molar refractivity (Wildman–Crippen MR) is 84.5 cm³/mol. The summed E-state index contributed by atoms with van der Waals surface area (Å²) in [6, 6.07) is 19.0. The molecule has 0 radical (unpaired) electrons. The molecule has 110 valence electrons. The number of ether oxygens (including phenoxy) is 2. The fourth-order valence-corrected chi connectivity index (χ4v) is 2.04. The van der Waals surface area contributed by atoms with Gasteiger partial charge in [0.1, 0.15) is 5.75 Å². The molecule has 0 fully saturated rings. The van der Waals surface area contributed by atoms with Crippen molar-refractivity contribution >= 4 is 17.9 Å². The number of benzene rings is 2. The number of para-hydroxylation sites is 1. The highest BCUT2D eigenvalue weighted by atomic mass is 16.6. The van der Waals surface area contributed by atoms with Gasteiger partial charge in [-0.3, -0.25) is 0 Å². The molecule has 2 aromatic rings. The van der Waals surface area contributed by atoms with Crippen molar-refractivity contribution < 1.29 is 14.3 Å². The summed E-state index contributed by atoms with van der Waals surface area (Å²) in [5.41, 5.74) is 1.24. The quantitative estimate of drug-likeness (QED) is 0.626. The van der Waals surface area contributed by atoms with Crippen molar-refractivity contribution in [2.75, 3.05) is 6.61 Å². The van der Waals surface area contributed by atoms with E-state index in [9.17, 15) is 4.79 Å². The van der Waals surface area contributed by atoms with Gasteiger partial charge in [0.15, 0.2) is 5.70 Å². The summed E-state index contributed by atoms with van der Waals surface area (Å²) in [4.78, 5) is 16.0. The van der Waals surface area contributed by atoms with Crippen LogP contribution in [0.2, 0.25) is 0 Å². The Morgan fingerprint density at radius 3 is 2.41 bits per heavy atom. The van der Waals surface area contributed by atoms with Gasteiger partial charge in [-0.15, -0.1) is 0 Å². The van der Waals surface area contributed by atoms with Crippen molar-refractivity contribution in [1.29, 1.82) is 0 Å². The molecule has 0 bridgehead atoms. The number of hydrogen-bond donors (Lipinski definition) is 0. The SMILES string of the molecule is O=C1OC(CCOc2ccccc2)=N/C1=C/c1ccccc1. The minimum absolute atomic E-state index is 0.320. The summed E-state index contributed by atoms with van der Waals surface area (Å²) in [6.07, 6.45) is 2.17. The second kappa shape index (κ2) is 6.72. The first kappa shape index (κ1) is 14.1. The molecule has 0 spiro atoms. The molecule has 1 heterocycles. The number of esters is 1. The van der Waals surface area contributed by atoms with Crippen LogP contribution in [0.25, 0.3) is 6.08 Å². The number of carbonyl (C=O) groups excluding carboxylic acids is 1. The Kier molecular flexibility index (Phi) is 4.30. The van der Waals surface area contributed by atoms with E-state index in [0.29, 0.717) is 24.6 Å². The van der Waals surface area contributed by atoms with Crippen molar-refractivity contribution in [1.82, 2.24) is 0 Å². The summed E-state index contributed by atoms with van der Waals surface area (Å²) < 4.78 is 10.7. The molecule has 4 nitrogen and oxygen atoms in total. The number of hydrogen-bond acceptors (Lipinski definition) is 4. The first-order valence-electron chi connectivity index (χ1n) is 7.05. The van der Waals surface area contributed by atoms with Crippen molar-refractivity contribution in [2.45, 2.75) is 6.42 Å². The summed E-state index contributed by atoms with van der Waals surface area (Å²) in [6.45, 7) is 0.411. The maximum absolute atomic E-state index is 11.8. The number of rotatable bonds is 5. The van der Waals surface area contributed by atoms with Gasteiger partial charge in [0.2, 0.25) is 5.90 Å². The molecule has 2 aromatic carbocycles. The smallest absolute Gasteiger partial charge is 0.363 e. The van der Waals surface area contributed by atoms with Gasteiger partial charge in [-0.1, -0.05) is 48.5 Å². The van der Waals surface area contributed by atoms with Gasteiger partial charge >= 0.3 is 5.97 Å². The lowest BCUT2D eigenvalue weighted by molar-refractivity contribution is -0.130. The normalized spacial score (nSPS) is 15.5. The van der Waals surface area contributed by atoms with E-state index in [-0.39, 0.29) is 0 Å². The van der Waals surface area contributed by atoms with Crippen molar-refractivity contribution in [3.8, 4) is 5.75 Å². The topological polar surface area (TPSA) is 47.9 Å². The molecule has 0 aliphatic carbocycles. The number of cyclic esters (lactones) is 1. The largest absolute Gasteiger partial charge is 0.493 e. The highest BCUT2D eigenvalue weighted by Crippen LogP contribution is 2.17. The van der Waals surface area contributed by atoms with Gasteiger partial charge in [0.05, 0.1) is 13.0 Å². The Bertz CT molecular complexity index is 706. The average molecular weight is 293 g/mol. The van der Waals surface area contributed by atoms with Crippen LogP contribution in [0.3, 0.4) is 0 Å². The molecule has 0 saturated heterocycles. The van der Waals surface area contributed by atoms with Crippen molar-refractivity contribution in [2.24, 2.45) is 4.99 Å². The summed E-state index contributed by atoms with van der Waals surface area (Å²) in [5, 5.41) is 0. The van der Waals surface area contributed by atoms with Gasteiger partial charge in [0.25, 0.3) is 0 Å². The van der Waals surface area contributed by atoms with Gasteiger partial charge in [-0.2, -0.15) is 0 Å². The third-order valence-electron chi connectivity index (χ3n) is 3.10. The van der Waals surface area contributed by atoms with E-state index >= 15 is 0 Å². The molecule has 0 atom stereocenters. The molecule has 4 heteroatoms. The minimum atomic E-state index is -0.418. The second-order valence-corrected chi connectivity index (χ2v) is 4.75. The fourth-order valence-electron chi connectivity index (χ4n) is 2.04. The maximum Gasteiger partial charge on any atom is 0.363 e. The molecule has 0 N–H and O–H groups in total. The monoisotopic (exact) mass is 293 g/mol. The molecular weight excluding hydrogens is 278 g/mol. The van der Waals surface area contributed by atoms with Crippen LogP contribution in [0.15, 0.2) is 71.4 Å². The molecule has 0 amide bonds. The zero-order valence-corrected chi connectivity index (χ0v) is 11.9. The van der Waals surface area contributed by atoms with E-state index in [4.69, 9.17) is 9.47 Å². The first-order chi connectivity index (χ1) is 10.8. The van der Waals surface area contributed by atoms with Crippen LogP contribution in [0.1, 0.15) is 12.0 Å². The van der Waals surface area contributed by atoms with Crippen LogP contribution >= 0.6 is 0 Å². The number of nitrogens with zero attached hydrogens (tertiary/aromatic N) is 1.